The van der Waals surface area contributed by atoms with Crippen LogP contribution >= 0.6 is 0 Å². The fourth-order valence-corrected chi connectivity index (χ4v) is 10.8. The van der Waals surface area contributed by atoms with Crippen molar-refractivity contribution in [3.8, 4) is 0 Å². The van der Waals surface area contributed by atoms with E-state index in [1.165, 1.54) is 82.8 Å². The molecule has 11 amide bonds. The average Bonchev–Trinajstić information content (AvgIpc) is 1.91. The number of amides is 11. The number of likely N-dealkylation sites (N-methyl/N-ethyl adjacent to an activating group) is 7. The van der Waals surface area contributed by atoms with E-state index in [1.54, 1.807) is 74.5 Å². The molecule has 0 unspecified atom stereocenters. The Hall–Kier alpha value is -6.17. The van der Waals surface area contributed by atoms with Crippen LogP contribution in [0.5, 0.6) is 0 Å². The van der Waals surface area contributed by atoms with Crippen LogP contribution in [0.2, 0.25) is 0 Å². The molecule has 1 heterocycles. The summed E-state index contributed by atoms with van der Waals surface area (Å²) in [6, 6.07) is -12.8. The fourth-order valence-electron chi connectivity index (χ4n) is 10.8. The minimum atomic E-state index is -1.63. The summed E-state index contributed by atoms with van der Waals surface area (Å²) < 4.78 is 0. The van der Waals surface area contributed by atoms with Crippen molar-refractivity contribution in [1.82, 2.24) is 55.6 Å². The summed E-state index contributed by atoms with van der Waals surface area (Å²) >= 11 is 0. The second-order valence-electron chi connectivity index (χ2n) is 27.0. The molecule has 498 valence electrons. The van der Waals surface area contributed by atoms with Gasteiger partial charge >= 0.3 is 0 Å². The highest BCUT2D eigenvalue weighted by molar-refractivity contribution is 5.99. The van der Waals surface area contributed by atoms with E-state index in [0.717, 1.165) is 14.7 Å². The summed E-state index contributed by atoms with van der Waals surface area (Å²) in [6.45, 7) is 28.3. The van der Waals surface area contributed by atoms with Gasteiger partial charge < -0.3 is 65.8 Å². The van der Waals surface area contributed by atoms with Gasteiger partial charge in [-0.15, -0.1) is 0 Å². The maximum absolute atomic E-state index is 15.2. The molecule has 12 atom stereocenters. The summed E-state index contributed by atoms with van der Waals surface area (Å²) in [6.07, 6.45) is 2.65. The molecule has 0 saturated carbocycles. The Labute approximate surface area is 520 Å². The van der Waals surface area contributed by atoms with Crippen LogP contribution in [0.25, 0.3) is 0 Å². The monoisotopic (exact) mass is 1230 g/mol. The van der Waals surface area contributed by atoms with Gasteiger partial charge in [0, 0.05) is 55.9 Å². The van der Waals surface area contributed by atoms with Gasteiger partial charge in [-0.3, -0.25) is 52.7 Å². The first-order valence-electron chi connectivity index (χ1n) is 31.0. The molecule has 1 fully saturated rings. The van der Waals surface area contributed by atoms with Crippen LogP contribution in [0.4, 0.5) is 0 Å². The van der Waals surface area contributed by atoms with Gasteiger partial charge in [0.15, 0.2) is 0 Å². The normalized spacial score (nSPS) is 26.7. The third kappa shape index (κ3) is 22.1. The quantitative estimate of drug-likeness (QED) is 0.121. The molecule has 1 aliphatic rings. The second-order valence-corrected chi connectivity index (χ2v) is 27.0. The topological polar surface area (TPSA) is 299 Å². The fraction of sp³-hybridized carbons (Fsp3) is 0.794. The van der Waals surface area contributed by atoms with Crippen LogP contribution < -0.4 is 21.3 Å². The first kappa shape index (κ1) is 78.8. The molecular weight excluding hydrogens is 1120 g/mol. The molecule has 1 saturated heterocycles. The number of aliphatic hydroxyl groups excluding tert-OH is 2. The Morgan fingerprint density at radius 2 is 0.966 bits per heavy atom. The second kappa shape index (κ2) is 35.1. The maximum atomic E-state index is 15.2. The van der Waals surface area contributed by atoms with E-state index in [9.17, 15) is 53.4 Å². The van der Waals surface area contributed by atoms with E-state index in [2.05, 4.69) is 21.3 Å². The number of hydrogen-bond acceptors (Lipinski definition) is 13. The van der Waals surface area contributed by atoms with Crippen molar-refractivity contribution in [3.63, 3.8) is 0 Å². The molecule has 0 aromatic heterocycles. The molecular formula is C63H113N11O13. The molecule has 1 aliphatic heterocycles. The third-order valence-corrected chi connectivity index (χ3v) is 16.6. The first-order chi connectivity index (χ1) is 40.1. The van der Waals surface area contributed by atoms with Crippen LogP contribution in [-0.4, -0.2) is 238 Å². The minimum absolute atomic E-state index is 0.00755. The van der Waals surface area contributed by atoms with Gasteiger partial charge in [-0.25, -0.2) is 0 Å². The summed E-state index contributed by atoms with van der Waals surface area (Å²) in [7, 11) is 9.75. The summed E-state index contributed by atoms with van der Waals surface area (Å²) in [4.78, 5) is 169. The molecule has 1 rings (SSSR count). The van der Waals surface area contributed by atoms with Crippen LogP contribution in [0.1, 0.15) is 156 Å². The van der Waals surface area contributed by atoms with Gasteiger partial charge in [0.1, 0.15) is 60.4 Å². The van der Waals surface area contributed by atoms with Crippen molar-refractivity contribution >= 4 is 65.0 Å². The summed E-state index contributed by atoms with van der Waals surface area (Å²) in [5.74, 6) is -10.1. The predicted molar refractivity (Wildman–Crippen MR) is 334 cm³/mol. The Kier molecular flexibility index (Phi) is 31.8. The SMILES string of the molecule is C/C=C/C[C@@H](C)[C@@H](O)[C@H]1C(=O)N[C@@H](CC)C(=O)N(C)CC(=O)N(C)[C@@H](CC(C)(C)CO)C(=O)N[C@@H](C(C)C)C(=O)N(C)[C@@H](CC(C)C)C(=O)N[C@@H](C)C(=O)N[C@H](C)C(=O)N(C)[C@@H](CC(C)C)C(=O)N(C)[C@@H](CC(C)C)C(=O)N(C)[C@@H](C(C)C)C(=O)N1C. The first-order valence-corrected chi connectivity index (χ1v) is 31.0. The number of nitrogens with one attached hydrogen (secondary N) is 4. The van der Waals surface area contributed by atoms with Crippen molar-refractivity contribution < 1.29 is 63.0 Å². The minimum Gasteiger partial charge on any atom is -0.396 e. The van der Waals surface area contributed by atoms with Crippen molar-refractivity contribution in [2.45, 2.75) is 223 Å². The van der Waals surface area contributed by atoms with Crippen molar-refractivity contribution in [2.75, 3.05) is 62.5 Å². The van der Waals surface area contributed by atoms with Crippen molar-refractivity contribution in [1.29, 1.82) is 0 Å². The van der Waals surface area contributed by atoms with Gasteiger partial charge in [0.05, 0.1) is 12.6 Å². The van der Waals surface area contributed by atoms with Crippen LogP contribution in [0.15, 0.2) is 12.2 Å². The highest BCUT2D eigenvalue weighted by Gasteiger charge is 2.46. The van der Waals surface area contributed by atoms with Gasteiger partial charge in [0.25, 0.3) is 0 Å². The molecule has 0 spiro atoms. The molecule has 24 heteroatoms. The highest BCUT2D eigenvalue weighted by atomic mass is 16.3. The van der Waals surface area contributed by atoms with E-state index < -0.39 is 168 Å². The highest BCUT2D eigenvalue weighted by Crippen LogP contribution is 2.27. The zero-order valence-electron chi connectivity index (χ0n) is 57.1. The Bertz CT molecular complexity index is 2400. The lowest BCUT2D eigenvalue weighted by Crippen LogP contribution is -2.63. The van der Waals surface area contributed by atoms with Gasteiger partial charge in [-0.2, -0.15) is 0 Å². The van der Waals surface area contributed by atoms with E-state index in [0.29, 0.717) is 6.42 Å². The molecule has 0 radical (unpaired) electrons. The largest absolute Gasteiger partial charge is 0.396 e. The van der Waals surface area contributed by atoms with Gasteiger partial charge in [-0.1, -0.05) is 109 Å². The zero-order valence-corrected chi connectivity index (χ0v) is 57.1. The number of nitrogens with zero attached hydrogens (tertiary/aromatic N) is 7. The van der Waals surface area contributed by atoms with Crippen LogP contribution in [0.3, 0.4) is 0 Å². The van der Waals surface area contributed by atoms with Crippen LogP contribution in [-0.2, 0) is 52.7 Å². The predicted octanol–water partition coefficient (Wildman–Crippen LogP) is 2.63. The van der Waals surface area contributed by atoms with E-state index in [4.69, 9.17) is 0 Å². The number of carbonyl (C=O) groups excluding carboxylic acids is 11. The molecule has 6 N–H and O–H groups in total. The van der Waals surface area contributed by atoms with E-state index >= 15 is 9.59 Å². The zero-order chi connectivity index (χ0) is 67.6. The molecule has 87 heavy (non-hydrogen) atoms. The number of rotatable bonds is 16. The molecule has 0 aliphatic carbocycles. The molecule has 0 aromatic rings. The van der Waals surface area contributed by atoms with E-state index in [1.807, 2.05) is 41.5 Å². The van der Waals surface area contributed by atoms with Crippen molar-refractivity contribution in [2.24, 2.45) is 40.9 Å². The Morgan fingerprint density at radius 1 is 0.517 bits per heavy atom. The van der Waals surface area contributed by atoms with E-state index in [-0.39, 0.29) is 49.9 Å². The number of hydrogen-bond donors (Lipinski definition) is 6. The molecule has 0 aromatic carbocycles. The third-order valence-electron chi connectivity index (χ3n) is 16.6. The standard InChI is InChI=1S/C63H113N11O13/c1-25-27-28-40(13)52(77)51-56(81)66-43(26-2)58(83)68(18)33-48(76)69(19)47(32-63(16,17)34-75)55(80)67-49(38(9)10)61(86)70(20)44(29-35(3)4)54(79)64-41(14)53(78)65-42(15)57(82)71(21)45(30-36(5)6)59(84)72(22)46(31-37(7)8)60(85)73(23)50(39(11)12)62(87)74(51)24/h25,27,35-47,49-52,75,77H,26,28-34H2,1-24H3,(H,64,79)(H,65,78)(H,66,81)(H,67,80)/b27-25+/t40-,41+,42-,43+,44+,45+,46+,47+,49+,50+,51+,52-/m1/s1. The maximum Gasteiger partial charge on any atom is 0.246 e. The van der Waals surface area contributed by atoms with Crippen molar-refractivity contribution in [3.05, 3.63) is 12.2 Å². The van der Waals surface area contributed by atoms with Crippen LogP contribution in [0, 0.1) is 40.9 Å². The number of allylic oxidation sites excluding steroid dienone is 2. The lowest BCUT2D eigenvalue weighted by Gasteiger charge is -2.41. The molecule has 24 nitrogen and oxygen atoms in total. The number of aliphatic hydroxyl groups is 2. The van der Waals surface area contributed by atoms with Gasteiger partial charge in [0.2, 0.25) is 65.0 Å². The average molecular weight is 1230 g/mol. The Morgan fingerprint density at radius 3 is 1.43 bits per heavy atom. The summed E-state index contributed by atoms with van der Waals surface area (Å²) in [5.41, 5.74) is -0.953. The number of carbonyl (C=O) groups is 11. The Balaban J connectivity index is 4.37. The lowest BCUT2D eigenvalue weighted by molar-refractivity contribution is -0.157. The lowest BCUT2D eigenvalue weighted by atomic mass is 9.85. The summed E-state index contributed by atoms with van der Waals surface area (Å²) in [5, 5.41) is 33.4. The molecule has 0 bridgehead atoms. The van der Waals surface area contributed by atoms with Gasteiger partial charge in [-0.05, 0) is 100 Å². The smallest absolute Gasteiger partial charge is 0.246 e.